The van der Waals surface area contributed by atoms with Crippen LogP contribution in [0.4, 0.5) is 5.82 Å². The number of carbonyl (C=O) groups excluding carboxylic acids is 1. The second kappa shape index (κ2) is 6.89. The summed E-state index contributed by atoms with van der Waals surface area (Å²) in [5.41, 5.74) is 0.872. The van der Waals surface area contributed by atoms with Gasteiger partial charge in [0.2, 0.25) is 0 Å². The summed E-state index contributed by atoms with van der Waals surface area (Å²) in [6.45, 7) is 10.4. The highest BCUT2D eigenvalue weighted by Gasteiger charge is 2.28. The zero-order chi connectivity index (χ0) is 16.2. The Balaban J connectivity index is 3.19. The van der Waals surface area contributed by atoms with Gasteiger partial charge in [0.15, 0.2) is 0 Å². The fourth-order valence-corrected chi connectivity index (χ4v) is 1.82. The first-order valence-corrected chi connectivity index (χ1v) is 7.37. The molecular formula is C16H27N3O2. The maximum absolute atomic E-state index is 12.6. The van der Waals surface area contributed by atoms with E-state index < -0.39 is 5.54 Å². The summed E-state index contributed by atoms with van der Waals surface area (Å²) in [7, 11) is 1.71. The minimum Gasteiger partial charge on any atom is -0.394 e. The third-order valence-corrected chi connectivity index (χ3v) is 3.64. The number of aromatic nitrogens is 1. The van der Waals surface area contributed by atoms with Crippen molar-refractivity contribution in [2.24, 2.45) is 0 Å². The van der Waals surface area contributed by atoms with E-state index in [-0.39, 0.29) is 18.4 Å². The first kappa shape index (κ1) is 17.4. The van der Waals surface area contributed by atoms with Gasteiger partial charge in [-0.1, -0.05) is 13.8 Å². The van der Waals surface area contributed by atoms with Crippen LogP contribution in [0.15, 0.2) is 12.1 Å². The summed E-state index contributed by atoms with van der Waals surface area (Å²) >= 11 is 0. The molecular weight excluding hydrogens is 266 g/mol. The normalized spacial score (nSPS) is 11.6. The van der Waals surface area contributed by atoms with Crippen LogP contribution >= 0.6 is 0 Å². The first-order chi connectivity index (χ1) is 9.72. The van der Waals surface area contributed by atoms with E-state index in [0.717, 1.165) is 12.2 Å². The van der Waals surface area contributed by atoms with E-state index in [0.29, 0.717) is 11.4 Å². The molecule has 0 aliphatic heterocycles. The van der Waals surface area contributed by atoms with Gasteiger partial charge in [-0.2, -0.15) is 0 Å². The highest BCUT2D eigenvalue weighted by Crippen LogP contribution is 2.21. The van der Waals surface area contributed by atoms with Gasteiger partial charge in [0.05, 0.1) is 12.1 Å². The van der Waals surface area contributed by atoms with E-state index in [1.165, 1.54) is 0 Å². The van der Waals surface area contributed by atoms with Crippen molar-refractivity contribution in [3.05, 3.63) is 23.4 Å². The number of rotatable bonds is 6. The van der Waals surface area contributed by atoms with Gasteiger partial charge in [-0.05, 0) is 38.8 Å². The SMILES string of the molecule is CCNc1cc(C(=O)N(C)C(C)(C)CO)cc(C(C)C)n1. The number of likely N-dealkylation sites (N-methyl/N-ethyl adjacent to an activating group) is 1. The van der Waals surface area contributed by atoms with Gasteiger partial charge in [-0.15, -0.1) is 0 Å². The number of hydrogen-bond acceptors (Lipinski definition) is 4. The summed E-state index contributed by atoms with van der Waals surface area (Å²) in [5, 5.41) is 12.6. The lowest BCUT2D eigenvalue weighted by atomic mass is 10.0. The minimum atomic E-state index is -0.601. The Kier molecular flexibility index (Phi) is 5.72. The standard InChI is InChI=1S/C16H27N3O2/c1-7-17-14-9-12(8-13(18-14)11(2)3)15(21)19(6)16(4,5)10-20/h8-9,11,20H,7,10H2,1-6H3,(H,17,18). The summed E-state index contributed by atoms with van der Waals surface area (Å²) in [6, 6.07) is 3.60. The van der Waals surface area contributed by atoms with Crippen molar-refractivity contribution >= 4 is 11.7 Å². The molecule has 0 saturated carbocycles. The second-order valence-corrected chi connectivity index (χ2v) is 6.19. The van der Waals surface area contributed by atoms with Crippen molar-refractivity contribution in [3.8, 4) is 0 Å². The van der Waals surface area contributed by atoms with Crippen LogP contribution in [-0.4, -0.2) is 46.6 Å². The van der Waals surface area contributed by atoms with Crippen molar-refractivity contribution < 1.29 is 9.90 Å². The number of carbonyl (C=O) groups is 1. The Bertz CT molecular complexity index is 498. The molecule has 1 rings (SSSR count). The molecule has 0 atom stereocenters. The number of nitrogens with one attached hydrogen (secondary N) is 1. The average molecular weight is 293 g/mol. The van der Waals surface area contributed by atoms with Gasteiger partial charge in [0, 0.05) is 24.8 Å². The number of aliphatic hydroxyl groups excluding tert-OH is 1. The molecule has 0 spiro atoms. The Morgan fingerprint density at radius 2 is 2.05 bits per heavy atom. The number of anilines is 1. The van der Waals surface area contributed by atoms with Crippen LogP contribution in [0.2, 0.25) is 0 Å². The number of amides is 1. The van der Waals surface area contributed by atoms with Crippen LogP contribution in [0.3, 0.4) is 0 Å². The minimum absolute atomic E-state index is 0.0859. The lowest BCUT2D eigenvalue weighted by molar-refractivity contribution is 0.0473. The Labute approximate surface area is 127 Å². The number of aliphatic hydroxyl groups is 1. The van der Waals surface area contributed by atoms with Crippen molar-refractivity contribution in [1.29, 1.82) is 0 Å². The number of pyridine rings is 1. The van der Waals surface area contributed by atoms with Crippen LogP contribution in [0.1, 0.15) is 56.6 Å². The van der Waals surface area contributed by atoms with E-state index in [4.69, 9.17) is 0 Å². The Hall–Kier alpha value is -1.62. The number of hydrogen-bond donors (Lipinski definition) is 2. The molecule has 1 amide bonds. The lowest BCUT2D eigenvalue weighted by Gasteiger charge is -2.34. The molecule has 2 N–H and O–H groups in total. The summed E-state index contributed by atoms with van der Waals surface area (Å²) < 4.78 is 0. The summed E-state index contributed by atoms with van der Waals surface area (Å²) in [6.07, 6.45) is 0. The van der Waals surface area contributed by atoms with Crippen molar-refractivity contribution in [1.82, 2.24) is 9.88 Å². The molecule has 0 fully saturated rings. The highest BCUT2D eigenvalue weighted by molar-refractivity contribution is 5.95. The summed E-state index contributed by atoms with van der Waals surface area (Å²) in [4.78, 5) is 18.7. The monoisotopic (exact) mass is 293 g/mol. The fourth-order valence-electron chi connectivity index (χ4n) is 1.82. The lowest BCUT2D eigenvalue weighted by Crippen LogP contribution is -2.47. The Morgan fingerprint density at radius 1 is 1.43 bits per heavy atom. The molecule has 1 aromatic rings. The van der Waals surface area contributed by atoms with E-state index in [1.54, 1.807) is 18.0 Å². The van der Waals surface area contributed by atoms with E-state index in [9.17, 15) is 9.90 Å². The zero-order valence-corrected chi connectivity index (χ0v) is 13.9. The molecule has 0 unspecified atom stereocenters. The molecule has 0 saturated heterocycles. The van der Waals surface area contributed by atoms with E-state index in [1.807, 2.05) is 40.7 Å². The van der Waals surface area contributed by atoms with Crippen molar-refractivity contribution in [2.75, 3.05) is 25.5 Å². The number of nitrogens with zero attached hydrogens (tertiary/aromatic N) is 2. The summed E-state index contributed by atoms with van der Waals surface area (Å²) in [5.74, 6) is 0.839. The van der Waals surface area contributed by atoms with Crippen molar-refractivity contribution in [2.45, 2.75) is 46.1 Å². The van der Waals surface area contributed by atoms with Crippen LogP contribution in [0, 0.1) is 0 Å². The van der Waals surface area contributed by atoms with Gasteiger partial charge >= 0.3 is 0 Å². The maximum atomic E-state index is 12.6. The van der Waals surface area contributed by atoms with Crippen molar-refractivity contribution in [3.63, 3.8) is 0 Å². The molecule has 0 aliphatic rings. The average Bonchev–Trinajstić information content (AvgIpc) is 2.45. The van der Waals surface area contributed by atoms with Crippen LogP contribution in [-0.2, 0) is 0 Å². The second-order valence-electron chi connectivity index (χ2n) is 6.19. The van der Waals surface area contributed by atoms with Gasteiger partial charge < -0.3 is 15.3 Å². The molecule has 0 radical (unpaired) electrons. The zero-order valence-electron chi connectivity index (χ0n) is 13.9. The van der Waals surface area contributed by atoms with Gasteiger partial charge in [-0.3, -0.25) is 4.79 Å². The smallest absolute Gasteiger partial charge is 0.254 e. The molecule has 0 bridgehead atoms. The molecule has 1 aromatic heterocycles. The molecule has 1 heterocycles. The highest BCUT2D eigenvalue weighted by atomic mass is 16.3. The predicted octanol–water partition coefficient (Wildman–Crippen LogP) is 2.48. The fraction of sp³-hybridized carbons (Fsp3) is 0.625. The molecule has 0 aliphatic carbocycles. The van der Waals surface area contributed by atoms with E-state index >= 15 is 0 Å². The van der Waals surface area contributed by atoms with E-state index in [2.05, 4.69) is 10.3 Å². The molecule has 0 aromatic carbocycles. The third kappa shape index (κ3) is 4.17. The predicted molar refractivity (Wildman–Crippen MR) is 85.7 cm³/mol. The van der Waals surface area contributed by atoms with Gasteiger partial charge in [0.1, 0.15) is 5.82 Å². The largest absolute Gasteiger partial charge is 0.394 e. The van der Waals surface area contributed by atoms with Gasteiger partial charge in [-0.25, -0.2) is 4.98 Å². The van der Waals surface area contributed by atoms with Crippen LogP contribution in [0.5, 0.6) is 0 Å². The Morgan fingerprint density at radius 3 is 2.52 bits per heavy atom. The molecule has 5 nitrogen and oxygen atoms in total. The van der Waals surface area contributed by atoms with Crippen LogP contribution in [0.25, 0.3) is 0 Å². The third-order valence-electron chi connectivity index (χ3n) is 3.64. The topological polar surface area (TPSA) is 65.5 Å². The molecule has 21 heavy (non-hydrogen) atoms. The maximum Gasteiger partial charge on any atom is 0.254 e. The van der Waals surface area contributed by atoms with Gasteiger partial charge in [0.25, 0.3) is 5.91 Å². The molecule has 5 heteroatoms. The molecule has 118 valence electrons. The van der Waals surface area contributed by atoms with Crippen LogP contribution < -0.4 is 5.32 Å². The quantitative estimate of drug-likeness (QED) is 0.845. The first-order valence-electron chi connectivity index (χ1n) is 7.37.